The Kier molecular flexibility index (Phi) is 3.26. The molecule has 0 amide bonds. The first-order valence-electron chi connectivity index (χ1n) is 3.80. The van der Waals surface area contributed by atoms with E-state index in [1.807, 2.05) is 0 Å². The topological polar surface area (TPSA) is 0 Å². The molecule has 0 N–H and O–H groups in total. The Morgan fingerprint density at radius 3 is 1.30 bits per heavy atom. The SMILES string of the molecule is C1CP(SSP2CCC2)C1. The highest BCUT2D eigenvalue weighted by atomic mass is 33.5. The van der Waals surface area contributed by atoms with Crippen LogP contribution >= 0.6 is 35.1 Å². The van der Waals surface area contributed by atoms with Crippen LogP contribution < -0.4 is 0 Å². The molecule has 0 spiro atoms. The summed E-state index contributed by atoms with van der Waals surface area (Å²) in [6.45, 7) is 0. The minimum atomic E-state index is 0.494. The fraction of sp³-hybridized carbons (Fsp3) is 1.00. The molecule has 0 aromatic heterocycles. The molecular weight excluding hydrogens is 198 g/mol. The van der Waals surface area contributed by atoms with Crippen LogP contribution in [-0.2, 0) is 0 Å². The Labute approximate surface area is 72.7 Å². The molecule has 2 saturated heterocycles. The fourth-order valence-electron chi connectivity index (χ4n) is 0.818. The van der Waals surface area contributed by atoms with Crippen molar-refractivity contribution >= 4 is 35.1 Å². The molecule has 58 valence electrons. The zero-order valence-corrected chi connectivity index (χ0v) is 9.38. The van der Waals surface area contributed by atoms with Gasteiger partial charge in [0.25, 0.3) is 0 Å². The first-order chi connectivity index (χ1) is 4.95. The highest BCUT2D eigenvalue weighted by molar-refractivity contribution is 9.13. The molecule has 2 aliphatic rings. The van der Waals surface area contributed by atoms with Gasteiger partial charge in [0, 0.05) is 0 Å². The third kappa shape index (κ3) is 2.03. The van der Waals surface area contributed by atoms with Crippen molar-refractivity contribution in [2.24, 2.45) is 0 Å². The van der Waals surface area contributed by atoms with Gasteiger partial charge in [0.2, 0.25) is 0 Å². The minimum Gasteiger partial charge on any atom is -0.0623 e. The van der Waals surface area contributed by atoms with E-state index in [-0.39, 0.29) is 0 Å². The summed E-state index contributed by atoms with van der Waals surface area (Å²) < 4.78 is 0. The van der Waals surface area contributed by atoms with Gasteiger partial charge < -0.3 is 0 Å². The molecule has 10 heavy (non-hydrogen) atoms. The molecule has 0 aromatic carbocycles. The lowest BCUT2D eigenvalue weighted by Gasteiger charge is -2.29. The molecule has 2 rings (SSSR count). The number of rotatable bonds is 3. The number of hydrogen-bond acceptors (Lipinski definition) is 2. The second kappa shape index (κ2) is 3.99. The van der Waals surface area contributed by atoms with Crippen molar-refractivity contribution in [3.05, 3.63) is 0 Å². The van der Waals surface area contributed by atoms with Crippen molar-refractivity contribution in [2.75, 3.05) is 24.6 Å². The van der Waals surface area contributed by atoms with Gasteiger partial charge in [-0.15, -0.1) is 0 Å². The summed E-state index contributed by atoms with van der Waals surface area (Å²) in [5.74, 6) is 0. The Morgan fingerprint density at radius 2 is 1.10 bits per heavy atom. The van der Waals surface area contributed by atoms with E-state index in [1.54, 1.807) is 24.6 Å². The van der Waals surface area contributed by atoms with Crippen LogP contribution in [-0.4, -0.2) is 24.6 Å². The molecule has 0 unspecified atom stereocenters. The van der Waals surface area contributed by atoms with Crippen molar-refractivity contribution in [3.63, 3.8) is 0 Å². The zero-order valence-electron chi connectivity index (χ0n) is 5.95. The van der Waals surface area contributed by atoms with Crippen molar-refractivity contribution in [1.82, 2.24) is 0 Å². The van der Waals surface area contributed by atoms with Crippen molar-refractivity contribution in [1.29, 1.82) is 0 Å². The Balaban J connectivity index is 1.54. The highest BCUT2D eigenvalue weighted by Crippen LogP contribution is 2.73. The maximum absolute atomic E-state index is 2.26. The summed E-state index contributed by atoms with van der Waals surface area (Å²) in [5.41, 5.74) is 0. The highest BCUT2D eigenvalue weighted by Gasteiger charge is 2.23. The predicted octanol–water partition coefficient (Wildman–Crippen LogP) is 3.97. The van der Waals surface area contributed by atoms with E-state index in [2.05, 4.69) is 20.8 Å². The summed E-state index contributed by atoms with van der Waals surface area (Å²) >= 11 is 0. The van der Waals surface area contributed by atoms with Crippen LogP contribution in [0.25, 0.3) is 0 Å². The van der Waals surface area contributed by atoms with Gasteiger partial charge in [-0.2, -0.15) is 0 Å². The molecule has 2 heterocycles. The van der Waals surface area contributed by atoms with E-state index >= 15 is 0 Å². The molecule has 0 saturated carbocycles. The van der Waals surface area contributed by atoms with Crippen LogP contribution in [0.5, 0.6) is 0 Å². The van der Waals surface area contributed by atoms with E-state index in [1.165, 1.54) is 12.8 Å². The maximum atomic E-state index is 2.26. The van der Waals surface area contributed by atoms with Crippen LogP contribution in [0, 0.1) is 0 Å². The van der Waals surface area contributed by atoms with E-state index < -0.39 is 0 Å². The average molecular weight is 210 g/mol. The van der Waals surface area contributed by atoms with Gasteiger partial charge in [-0.3, -0.25) is 0 Å². The van der Waals surface area contributed by atoms with Crippen molar-refractivity contribution in [3.8, 4) is 0 Å². The lowest BCUT2D eigenvalue weighted by Crippen LogP contribution is -2.01. The largest absolute Gasteiger partial charge is 0.0623 e. The predicted molar refractivity (Wildman–Crippen MR) is 57.7 cm³/mol. The Bertz CT molecular complexity index is 98.3. The first kappa shape index (κ1) is 8.17. The summed E-state index contributed by atoms with van der Waals surface area (Å²) in [6.07, 6.45) is 9.31. The van der Waals surface area contributed by atoms with Gasteiger partial charge in [0.1, 0.15) is 0 Å². The van der Waals surface area contributed by atoms with Crippen molar-refractivity contribution < 1.29 is 0 Å². The second-order valence-electron chi connectivity index (χ2n) is 2.71. The summed E-state index contributed by atoms with van der Waals surface area (Å²) in [4.78, 5) is 0. The van der Waals surface area contributed by atoms with E-state index in [0.717, 1.165) is 0 Å². The molecule has 0 aromatic rings. The van der Waals surface area contributed by atoms with E-state index in [4.69, 9.17) is 0 Å². The zero-order chi connectivity index (χ0) is 6.81. The van der Waals surface area contributed by atoms with Gasteiger partial charge in [-0.1, -0.05) is 20.8 Å². The lowest BCUT2D eigenvalue weighted by atomic mass is 10.5. The Morgan fingerprint density at radius 1 is 0.700 bits per heavy atom. The average Bonchev–Trinajstić information content (AvgIpc) is 1.70. The molecule has 2 fully saturated rings. The van der Waals surface area contributed by atoms with E-state index in [0.29, 0.717) is 14.2 Å². The van der Waals surface area contributed by atoms with Gasteiger partial charge in [0.05, 0.1) is 0 Å². The fourth-order valence-corrected chi connectivity index (χ4v) is 14.9. The normalized spacial score (nSPS) is 27.6. The van der Waals surface area contributed by atoms with Gasteiger partial charge in [0.15, 0.2) is 0 Å². The summed E-state index contributed by atoms with van der Waals surface area (Å²) in [5, 5.41) is 0. The Hall–Kier alpha value is 1.56. The van der Waals surface area contributed by atoms with Crippen LogP contribution in [0.1, 0.15) is 12.8 Å². The minimum absolute atomic E-state index is 0.494. The molecule has 2 aliphatic heterocycles. The number of hydrogen-bond donors (Lipinski definition) is 0. The summed E-state index contributed by atoms with van der Waals surface area (Å²) in [6, 6.07) is 0. The third-order valence-corrected chi connectivity index (χ3v) is 15.5. The standard InChI is InChI=1S/C6H12P2S2/c1-3-7(4-1)9-10-8-5-2-6-8/h1-6H2. The van der Waals surface area contributed by atoms with Crippen LogP contribution in [0.15, 0.2) is 0 Å². The molecule has 0 atom stereocenters. The summed E-state index contributed by atoms with van der Waals surface area (Å²) in [7, 11) is 5.50. The molecule has 0 nitrogen and oxygen atoms in total. The smallest absolute Gasteiger partial charge is 0.0221 e. The lowest BCUT2D eigenvalue weighted by molar-refractivity contribution is 1.04. The second-order valence-corrected chi connectivity index (χ2v) is 13.4. The van der Waals surface area contributed by atoms with Gasteiger partial charge >= 0.3 is 0 Å². The maximum Gasteiger partial charge on any atom is -0.0221 e. The van der Waals surface area contributed by atoms with Crippen LogP contribution in [0.2, 0.25) is 0 Å². The van der Waals surface area contributed by atoms with Gasteiger partial charge in [-0.25, -0.2) is 0 Å². The molecule has 0 bridgehead atoms. The molecule has 0 aliphatic carbocycles. The first-order valence-corrected chi connectivity index (χ1v) is 10.6. The third-order valence-electron chi connectivity index (χ3n) is 1.87. The molecule has 4 heteroatoms. The van der Waals surface area contributed by atoms with E-state index in [9.17, 15) is 0 Å². The molecular formula is C6H12P2S2. The monoisotopic (exact) mass is 210 g/mol. The van der Waals surface area contributed by atoms with Crippen molar-refractivity contribution in [2.45, 2.75) is 12.8 Å². The molecule has 0 radical (unpaired) electrons. The van der Waals surface area contributed by atoms with Crippen LogP contribution in [0.3, 0.4) is 0 Å². The van der Waals surface area contributed by atoms with Crippen LogP contribution in [0.4, 0.5) is 0 Å². The quantitative estimate of drug-likeness (QED) is 0.510. The van der Waals surface area contributed by atoms with Gasteiger partial charge in [-0.05, 0) is 51.7 Å².